The summed E-state index contributed by atoms with van der Waals surface area (Å²) in [7, 11) is 1.60. The van der Waals surface area contributed by atoms with Crippen LogP contribution in [0.5, 0.6) is 5.75 Å². The molecule has 0 radical (unpaired) electrons. The molecule has 0 spiro atoms. The first-order valence-corrected chi connectivity index (χ1v) is 6.46. The number of piperazine rings is 1. The van der Waals surface area contributed by atoms with E-state index < -0.39 is 12.8 Å². The van der Waals surface area contributed by atoms with Crippen molar-refractivity contribution in [3.05, 3.63) is 18.5 Å². The number of halogens is 1. The molecule has 20 heavy (non-hydrogen) atoms. The molecule has 1 aromatic rings. The summed E-state index contributed by atoms with van der Waals surface area (Å²) in [5, 5.41) is 0. The van der Waals surface area contributed by atoms with Gasteiger partial charge in [0.05, 0.1) is 25.2 Å². The number of methoxy groups -OCH3 is 1. The van der Waals surface area contributed by atoms with Crippen LogP contribution in [0.4, 0.5) is 14.9 Å². The van der Waals surface area contributed by atoms with Crippen molar-refractivity contribution < 1.29 is 18.7 Å². The van der Waals surface area contributed by atoms with Crippen molar-refractivity contribution in [1.82, 2.24) is 9.88 Å². The lowest BCUT2D eigenvalue weighted by atomic mass is 10.3. The highest BCUT2D eigenvalue weighted by atomic mass is 19.1. The van der Waals surface area contributed by atoms with Gasteiger partial charge < -0.3 is 19.3 Å². The van der Waals surface area contributed by atoms with Crippen LogP contribution in [0.15, 0.2) is 18.5 Å². The number of carbonyl (C=O) groups excluding carboxylic acids is 1. The number of amides is 1. The SMILES string of the molecule is COc1cncc(N2CCN(C(=O)OCCF)CC2)c1. The van der Waals surface area contributed by atoms with Gasteiger partial charge in [-0.15, -0.1) is 0 Å². The molecule has 2 heterocycles. The van der Waals surface area contributed by atoms with Gasteiger partial charge >= 0.3 is 6.09 Å². The van der Waals surface area contributed by atoms with E-state index in [2.05, 4.69) is 9.88 Å². The molecule has 1 fully saturated rings. The molecular formula is C13H18FN3O3. The first kappa shape index (κ1) is 14.4. The van der Waals surface area contributed by atoms with Gasteiger partial charge in [0.25, 0.3) is 0 Å². The van der Waals surface area contributed by atoms with Crippen LogP contribution in [0.2, 0.25) is 0 Å². The molecule has 110 valence electrons. The average Bonchev–Trinajstić information content (AvgIpc) is 2.52. The van der Waals surface area contributed by atoms with Gasteiger partial charge in [0.1, 0.15) is 19.0 Å². The van der Waals surface area contributed by atoms with Crippen LogP contribution >= 0.6 is 0 Å². The van der Waals surface area contributed by atoms with Crippen molar-refractivity contribution in [2.24, 2.45) is 0 Å². The second-order valence-electron chi connectivity index (χ2n) is 4.36. The number of aromatic nitrogens is 1. The molecule has 0 saturated carbocycles. The van der Waals surface area contributed by atoms with Gasteiger partial charge in [0.15, 0.2) is 0 Å². The highest BCUT2D eigenvalue weighted by molar-refractivity contribution is 5.68. The third kappa shape index (κ3) is 3.49. The maximum absolute atomic E-state index is 12.0. The van der Waals surface area contributed by atoms with E-state index >= 15 is 0 Å². The Morgan fingerprint density at radius 1 is 1.35 bits per heavy atom. The third-order valence-electron chi connectivity index (χ3n) is 3.14. The molecule has 1 saturated heterocycles. The minimum atomic E-state index is -0.652. The first-order chi connectivity index (χ1) is 9.74. The Balaban J connectivity index is 1.88. The standard InChI is InChI=1S/C13H18FN3O3/c1-19-12-8-11(9-15-10-12)16-3-5-17(6-4-16)13(18)20-7-2-14/h8-10H,2-7H2,1H3. The van der Waals surface area contributed by atoms with Gasteiger partial charge in [-0.1, -0.05) is 0 Å². The van der Waals surface area contributed by atoms with E-state index in [1.165, 1.54) is 0 Å². The Hall–Kier alpha value is -2.05. The van der Waals surface area contributed by atoms with Gasteiger partial charge in [-0.05, 0) is 0 Å². The Labute approximate surface area is 117 Å². The van der Waals surface area contributed by atoms with Crippen LogP contribution in [-0.4, -0.2) is 62.5 Å². The van der Waals surface area contributed by atoms with Crippen molar-refractivity contribution in [1.29, 1.82) is 0 Å². The quantitative estimate of drug-likeness (QED) is 0.834. The average molecular weight is 283 g/mol. The minimum absolute atomic E-state index is 0.182. The molecule has 0 atom stereocenters. The van der Waals surface area contributed by atoms with E-state index in [0.717, 1.165) is 5.69 Å². The summed E-state index contributed by atoms with van der Waals surface area (Å²) in [6.45, 7) is 1.61. The van der Waals surface area contributed by atoms with Crippen molar-refractivity contribution in [3.8, 4) is 5.75 Å². The molecular weight excluding hydrogens is 265 g/mol. The van der Waals surface area contributed by atoms with Crippen molar-refractivity contribution in [2.45, 2.75) is 0 Å². The Morgan fingerprint density at radius 3 is 2.75 bits per heavy atom. The van der Waals surface area contributed by atoms with Crippen LogP contribution in [0, 0.1) is 0 Å². The fourth-order valence-corrected chi connectivity index (χ4v) is 2.06. The van der Waals surface area contributed by atoms with Crippen molar-refractivity contribution in [3.63, 3.8) is 0 Å². The fraction of sp³-hybridized carbons (Fsp3) is 0.538. The summed E-state index contributed by atoms with van der Waals surface area (Å²) in [5.74, 6) is 0.701. The smallest absolute Gasteiger partial charge is 0.409 e. The number of anilines is 1. The van der Waals surface area contributed by atoms with Crippen LogP contribution in [0.1, 0.15) is 0 Å². The van der Waals surface area contributed by atoms with Crippen LogP contribution < -0.4 is 9.64 Å². The molecule has 0 bridgehead atoms. The van der Waals surface area contributed by atoms with Crippen molar-refractivity contribution >= 4 is 11.8 Å². The minimum Gasteiger partial charge on any atom is -0.495 e. The lowest BCUT2D eigenvalue weighted by Gasteiger charge is -2.35. The zero-order valence-corrected chi connectivity index (χ0v) is 11.4. The fourth-order valence-electron chi connectivity index (χ4n) is 2.06. The van der Waals surface area contributed by atoms with E-state index in [0.29, 0.717) is 31.9 Å². The van der Waals surface area contributed by atoms with E-state index in [1.54, 1.807) is 24.4 Å². The molecule has 2 rings (SSSR count). The number of rotatable bonds is 4. The number of alkyl halides is 1. The molecule has 6 nitrogen and oxygen atoms in total. The Kier molecular flexibility index (Phi) is 4.97. The van der Waals surface area contributed by atoms with Crippen LogP contribution in [0.25, 0.3) is 0 Å². The summed E-state index contributed by atoms with van der Waals surface area (Å²) in [6, 6.07) is 1.91. The molecule has 0 aromatic carbocycles. The Morgan fingerprint density at radius 2 is 2.10 bits per heavy atom. The number of ether oxygens (including phenoxy) is 2. The largest absolute Gasteiger partial charge is 0.495 e. The summed E-state index contributed by atoms with van der Waals surface area (Å²) in [6.07, 6.45) is 2.96. The van der Waals surface area contributed by atoms with Gasteiger partial charge in [0, 0.05) is 32.2 Å². The summed E-state index contributed by atoms with van der Waals surface area (Å²) >= 11 is 0. The van der Waals surface area contributed by atoms with E-state index in [1.807, 2.05) is 6.07 Å². The van der Waals surface area contributed by atoms with E-state index in [4.69, 9.17) is 9.47 Å². The highest BCUT2D eigenvalue weighted by Crippen LogP contribution is 2.20. The molecule has 7 heteroatoms. The predicted octanol–water partition coefficient (Wildman–Crippen LogP) is 1.32. The van der Waals surface area contributed by atoms with Gasteiger partial charge in [0.2, 0.25) is 0 Å². The summed E-state index contributed by atoms with van der Waals surface area (Å²) in [4.78, 5) is 19.4. The number of carbonyl (C=O) groups is 1. The Bertz CT molecular complexity index is 450. The van der Waals surface area contributed by atoms with Gasteiger partial charge in [-0.3, -0.25) is 4.98 Å². The molecule has 1 aliphatic rings. The van der Waals surface area contributed by atoms with E-state index in [9.17, 15) is 9.18 Å². The highest BCUT2D eigenvalue weighted by Gasteiger charge is 2.22. The summed E-state index contributed by atoms with van der Waals surface area (Å²) < 4.78 is 21.9. The molecule has 0 aliphatic carbocycles. The molecule has 1 aliphatic heterocycles. The third-order valence-corrected chi connectivity index (χ3v) is 3.14. The second kappa shape index (κ2) is 6.93. The first-order valence-electron chi connectivity index (χ1n) is 6.46. The lowest BCUT2D eigenvalue weighted by Crippen LogP contribution is -2.49. The van der Waals surface area contributed by atoms with Crippen LogP contribution in [0.3, 0.4) is 0 Å². The zero-order valence-electron chi connectivity index (χ0n) is 11.4. The molecule has 0 N–H and O–H groups in total. The van der Waals surface area contributed by atoms with Crippen LogP contribution in [-0.2, 0) is 4.74 Å². The maximum Gasteiger partial charge on any atom is 0.409 e. The number of pyridine rings is 1. The topological polar surface area (TPSA) is 54.9 Å². The lowest BCUT2D eigenvalue weighted by molar-refractivity contribution is 0.0943. The molecule has 1 amide bonds. The number of nitrogens with zero attached hydrogens (tertiary/aromatic N) is 3. The number of hydrogen-bond donors (Lipinski definition) is 0. The van der Waals surface area contributed by atoms with Crippen molar-refractivity contribution in [2.75, 3.05) is 51.5 Å². The zero-order chi connectivity index (χ0) is 14.4. The van der Waals surface area contributed by atoms with Gasteiger partial charge in [-0.25, -0.2) is 9.18 Å². The van der Waals surface area contributed by atoms with Gasteiger partial charge in [-0.2, -0.15) is 0 Å². The predicted molar refractivity (Wildman–Crippen MR) is 71.9 cm³/mol. The number of hydrogen-bond acceptors (Lipinski definition) is 5. The normalized spacial score (nSPS) is 15.1. The van der Waals surface area contributed by atoms with E-state index in [-0.39, 0.29) is 6.61 Å². The summed E-state index contributed by atoms with van der Waals surface area (Å²) in [5.41, 5.74) is 0.959. The monoisotopic (exact) mass is 283 g/mol. The second-order valence-corrected chi connectivity index (χ2v) is 4.36. The maximum atomic E-state index is 12.0. The molecule has 0 unspecified atom stereocenters. The molecule has 1 aromatic heterocycles.